The molecule has 120 valence electrons. The molecular formula is C14H8BrN5O2S2. The van der Waals surface area contributed by atoms with E-state index in [0.29, 0.717) is 17.2 Å². The summed E-state index contributed by atoms with van der Waals surface area (Å²) in [6, 6.07) is 13.6. The fourth-order valence-corrected chi connectivity index (χ4v) is 3.11. The van der Waals surface area contributed by atoms with Crippen molar-refractivity contribution >= 4 is 56.8 Å². The summed E-state index contributed by atoms with van der Waals surface area (Å²) >= 11 is 5.34. The minimum Gasteiger partial charge on any atom is -0.258 e. The summed E-state index contributed by atoms with van der Waals surface area (Å²) in [4.78, 5) is 10.2. The van der Waals surface area contributed by atoms with Gasteiger partial charge in [0, 0.05) is 27.7 Å². The van der Waals surface area contributed by atoms with E-state index in [1.165, 1.54) is 12.1 Å². The van der Waals surface area contributed by atoms with Gasteiger partial charge in [0.25, 0.3) is 5.69 Å². The number of non-ortho nitro benzene ring substituents is 1. The fraction of sp³-hybridized carbons (Fsp3) is 0. The zero-order valence-electron chi connectivity index (χ0n) is 11.9. The van der Waals surface area contributed by atoms with Gasteiger partial charge in [-0.1, -0.05) is 28.1 Å². The molecule has 0 aliphatic carbocycles. The first-order valence-corrected chi connectivity index (χ1v) is 8.80. The summed E-state index contributed by atoms with van der Waals surface area (Å²) in [5.74, 6) is 0.954. The van der Waals surface area contributed by atoms with Crippen LogP contribution >= 0.6 is 28.1 Å². The molecule has 24 heavy (non-hydrogen) atoms. The van der Waals surface area contributed by atoms with Crippen molar-refractivity contribution in [2.45, 2.75) is 0 Å². The van der Waals surface area contributed by atoms with Crippen LogP contribution in [0.25, 0.3) is 0 Å². The summed E-state index contributed by atoms with van der Waals surface area (Å²) in [6.07, 6.45) is 0. The Balaban J connectivity index is 1.83. The second-order valence-electron chi connectivity index (χ2n) is 4.49. The highest BCUT2D eigenvalue weighted by Gasteiger charge is 2.09. The number of rotatable bonds is 3. The van der Waals surface area contributed by atoms with Crippen molar-refractivity contribution in [1.82, 2.24) is 0 Å². The van der Waals surface area contributed by atoms with Gasteiger partial charge < -0.3 is 0 Å². The Hall–Kier alpha value is -2.17. The number of benzene rings is 2. The number of nitrogens with zero attached hydrogens (tertiary/aromatic N) is 5. The molecule has 2 aromatic rings. The lowest BCUT2D eigenvalue weighted by Gasteiger charge is -2.02. The van der Waals surface area contributed by atoms with E-state index in [1.807, 2.05) is 24.3 Å². The normalized spacial score (nSPS) is 18.4. The highest BCUT2D eigenvalue weighted by Crippen LogP contribution is 2.19. The highest BCUT2D eigenvalue weighted by molar-refractivity contribution is 9.10. The summed E-state index contributed by atoms with van der Waals surface area (Å²) < 4.78 is 18.0. The molecule has 0 amide bonds. The first-order chi connectivity index (χ1) is 11.6. The molecule has 0 fully saturated rings. The lowest BCUT2D eigenvalue weighted by Crippen LogP contribution is -1.99. The van der Waals surface area contributed by atoms with Crippen molar-refractivity contribution in [3.63, 3.8) is 0 Å². The maximum absolute atomic E-state index is 10.7. The molecule has 1 heterocycles. The minimum atomic E-state index is -0.450. The Bertz CT molecular complexity index is 904. The predicted molar refractivity (Wildman–Crippen MR) is 100 cm³/mol. The smallest absolute Gasteiger partial charge is 0.258 e. The number of nitro groups is 1. The molecule has 0 saturated heterocycles. The van der Waals surface area contributed by atoms with Crippen LogP contribution in [0.15, 0.2) is 70.5 Å². The third-order valence-corrected chi connectivity index (χ3v) is 4.49. The van der Waals surface area contributed by atoms with Crippen LogP contribution in [0.3, 0.4) is 0 Å². The molecule has 0 radical (unpaired) electrons. The van der Waals surface area contributed by atoms with Crippen LogP contribution in [-0.2, 0) is 11.4 Å². The Kier molecular flexibility index (Phi) is 5.28. The fourth-order valence-electron chi connectivity index (χ4n) is 1.77. The molecule has 0 atom stereocenters. The van der Waals surface area contributed by atoms with Gasteiger partial charge in [0.05, 0.1) is 16.3 Å². The number of nitro benzene ring substituents is 1. The summed E-state index contributed by atoms with van der Waals surface area (Å²) in [5, 5.41) is 10.7. The van der Waals surface area contributed by atoms with Crippen molar-refractivity contribution in [3.8, 4) is 0 Å². The monoisotopic (exact) mass is 421 g/mol. The second kappa shape index (κ2) is 7.60. The summed E-state index contributed by atoms with van der Waals surface area (Å²) in [7, 11) is 0. The Morgan fingerprint density at radius 1 is 0.875 bits per heavy atom. The van der Waals surface area contributed by atoms with E-state index < -0.39 is 4.92 Å². The summed E-state index contributed by atoms with van der Waals surface area (Å²) in [6.45, 7) is 0. The lowest BCUT2D eigenvalue weighted by atomic mass is 10.2. The van der Waals surface area contributed by atoms with Gasteiger partial charge in [0.15, 0.2) is 11.7 Å². The largest absolute Gasteiger partial charge is 0.269 e. The Morgan fingerprint density at radius 2 is 1.38 bits per heavy atom. The topological polar surface area (TPSA) is 92.6 Å². The van der Waals surface area contributed by atoms with E-state index in [4.69, 9.17) is 0 Å². The zero-order chi connectivity index (χ0) is 16.9. The van der Waals surface area contributed by atoms with Crippen molar-refractivity contribution < 1.29 is 4.92 Å². The minimum absolute atomic E-state index is 0.0192. The molecule has 0 N–H and O–H groups in total. The first-order valence-electron chi connectivity index (χ1n) is 6.55. The molecule has 0 aromatic heterocycles. The average molecular weight is 422 g/mol. The third-order valence-electron chi connectivity index (χ3n) is 2.95. The molecule has 1 aliphatic rings. The van der Waals surface area contributed by atoms with Crippen LogP contribution in [0.4, 0.5) is 5.69 Å². The van der Waals surface area contributed by atoms with E-state index >= 15 is 0 Å². The van der Waals surface area contributed by atoms with Gasteiger partial charge in [-0.15, -0.1) is 0 Å². The van der Waals surface area contributed by atoms with Crippen LogP contribution in [0.2, 0.25) is 0 Å². The lowest BCUT2D eigenvalue weighted by molar-refractivity contribution is -0.384. The number of halogens is 1. The standard InChI is InChI=1S/C14H8BrN5O2S2/c15-11-5-1-9(2-6-11)13-16-23-18-14(19-24-17-13)10-3-7-12(8-4-10)20(21)22/h1-8H/b16-13-,18-14-. The van der Waals surface area contributed by atoms with Gasteiger partial charge in [0.2, 0.25) is 0 Å². The molecule has 1 aliphatic heterocycles. The SMILES string of the molecule is O=[N+]([O-])c1ccc(/C2=N/S/N=C(/c3ccc(Br)cc3)N=S=N2)cc1. The van der Waals surface area contributed by atoms with Gasteiger partial charge in [-0.2, -0.15) is 17.5 Å². The Morgan fingerprint density at radius 3 is 1.88 bits per heavy atom. The van der Waals surface area contributed by atoms with Crippen LogP contribution < -0.4 is 0 Å². The Labute approximate surface area is 153 Å². The number of amidine groups is 2. The molecule has 0 unspecified atom stereocenters. The average Bonchev–Trinajstić information content (AvgIpc) is 2.56. The van der Waals surface area contributed by atoms with E-state index in [9.17, 15) is 10.1 Å². The van der Waals surface area contributed by atoms with Crippen LogP contribution in [0.1, 0.15) is 11.1 Å². The number of hydrogen-bond acceptors (Lipinski definition) is 7. The van der Waals surface area contributed by atoms with Crippen molar-refractivity contribution in [2.75, 3.05) is 0 Å². The van der Waals surface area contributed by atoms with E-state index in [-0.39, 0.29) is 5.69 Å². The van der Waals surface area contributed by atoms with Crippen LogP contribution in [-0.4, -0.2) is 16.6 Å². The molecule has 0 spiro atoms. The zero-order valence-corrected chi connectivity index (χ0v) is 15.1. The highest BCUT2D eigenvalue weighted by atomic mass is 79.9. The second-order valence-corrected chi connectivity index (χ2v) is 6.46. The van der Waals surface area contributed by atoms with Gasteiger partial charge >= 0.3 is 0 Å². The van der Waals surface area contributed by atoms with E-state index in [1.54, 1.807) is 12.1 Å². The van der Waals surface area contributed by atoms with Crippen LogP contribution in [0, 0.1) is 10.1 Å². The molecule has 10 heteroatoms. The first kappa shape index (κ1) is 16.7. The van der Waals surface area contributed by atoms with Crippen molar-refractivity contribution in [1.29, 1.82) is 0 Å². The predicted octanol–water partition coefficient (Wildman–Crippen LogP) is 4.58. The van der Waals surface area contributed by atoms with Crippen LogP contribution in [0.5, 0.6) is 0 Å². The third kappa shape index (κ3) is 4.02. The van der Waals surface area contributed by atoms with Gasteiger partial charge in [-0.3, -0.25) is 10.1 Å². The molecule has 7 nitrogen and oxygen atoms in total. The number of hydrogen-bond donors (Lipinski definition) is 0. The summed E-state index contributed by atoms with van der Waals surface area (Å²) in [5.41, 5.74) is 1.55. The van der Waals surface area contributed by atoms with Gasteiger partial charge in [0.1, 0.15) is 12.1 Å². The van der Waals surface area contributed by atoms with Crippen molar-refractivity contribution in [2.24, 2.45) is 17.5 Å². The molecule has 0 saturated carbocycles. The quantitative estimate of drug-likeness (QED) is 0.412. The molecule has 3 rings (SSSR count). The van der Waals surface area contributed by atoms with E-state index in [0.717, 1.165) is 33.5 Å². The molecule has 0 bridgehead atoms. The maximum Gasteiger partial charge on any atom is 0.269 e. The van der Waals surface area contributed by atoms with Crippen molar-refractivity contribution in [3.05, 3.63) is 74.2 Å². The van der Waals surface area contributed by atoms with Gasteiger partial charge in [-0.25, -0.2) is 0 Å². The molecular weight excluding hydrogens is 414 g/mol. The van der Waals surface area contributed by atoms with E-state index in [2.05, 4.69) is 33.5 Å². The van der Waals surface area contributed by atoms with Gasteiger partial charge in [-0.05, 0) is 24.3 Å². The molecule has 2 aromatic carbocycles. The maximum atomic E-state index is 10.7.